The molecule has 0 aliphatic carbocycles. The highest BCUT2D eigenvalue weighted by molar-refractivity contribution is 6.29. The molecule has 0 aliphatic heterocycles. The van der Waals surface area contributed by atoms with Gasteiger partial charge in [-0.1, -0.05) is 11.6 Å². The number of nitrogens with zero attached hydrogens (tertiary/aromatic N) is 6. The Morgan fingerprint density at radius 3 is 3.06 bits per heavy atom. The molecule has 2 heterocycles. The highest BCUT2D eigenvalue weighted by atomic mass is 35.5. The standard InChI is InChI=1S/C8H9ClN6O/c1-6(4-15-5-11-13-14-15)16-8-3-10-2-7(9)12-8/h2-3,5-6H,4H2,1H3. The van der Waals surface area contributed by atoms with Crippen molar-refractivity contribution in [1.82, 2.24) is 30.2 Å². The van der Waals surface area contributed by atoms with Crippen LogP contribution in [0.4, 0.5) is 0 Å². The number of tetrazole rings is 1. The Balaban J connectivity index is 1.94. The van der Waals surface area contributed by atoms with Crippen molar-refractivity contribution in [2.24, 2.45) is 0 Å². The van der Waals surface area contributed by atoms with Crippen molar-refractivity contribution < 1.29 is 4.74 Å². The van der Waals surface area contributed by atoms with Crippen LogP contribution >= 0.6 is 11.6 Å². The SMILES string of the molecule is CC(Cn1cnnn1)Oc1cncc(Cl)n1. The fraction of sp³-hybridized carbons (Fsp3) is 0.375. The van der Waals surface area contributed by atoms with Gasteiger partial charge in [0.1, 0.15) is 12.4 Å². The van der Waals surface area contributed by atoms with Gasteiger partial charge < -0.3 is 4.74 Å². The Kier molecular flexibility index (Phi) is 3.25. The maximum absolute atomic E-state index is 5.68. The van der Waals surface area contributed by atoms with E-state index in [1.807, 2.05) is 6.92 Å². The van der Waals surface area contributed by atoms with E-state index in [1.165, 1.54) is 18.7 Å². The van der Waals surface area contributed by atoms with Gasteiger partial charge in [-0.25, -0.2) is 4.68 Å². The molecule has 0 bridgehead atoms. The summed E-state index contributed by atoms with van der Waals surface area (Å²) in [7, 11) is 0. The lowest BCUT2D eigenvalue weighted by Gasteiger charge is -2.12. The van der Waals surface area contributed by atoms with Crippen molar-refractivity contribution in [1.29, 1.82) is 0 Å². The lowest BCUT2D eigenvalue weighted by molar-refractivity contribution is 0.184. The molecular weight excluding hydrogens is 232 g/mol. The molecule has 1 unspecified atom stereocenters. The normalized spacial score (nSPS) is 12.4. The average molecular weight is 241 g/mol. The molecule has 0 N–H and O–H groups in total. The minimum Gasteiger partial charge on any atom is -0.472 e. The van der Waals surface area contributed by atoms with Gasteiger partial charge in [0.25, 0.3) is 0 Å². The molecule has 8 heteroatoms. The van der Waals surface area contributed by atoms with Gasteiger partial charge in [-0.2, -0.15) is 4.98 Å². The monoisotopic (exact) mass is 240 g/mol. The summed E-state index contributed by atoms with van der Waals surface area (Å²) in [6.07, 6.45) is 4.34. The predicted molar refractivity (Wildman–Crippen MR) is 54.9 cm³/mol. The van der Waals surface area contributed by atoms with Crippen LogP contribution in [0.3, 0.4) is 0 Å². The summed E-state index contributed by atoms with van der Waals surface area (Å²) in [5, 5.41) is 11.1. The van der Waals surface area contributed by atoms with Gasteiger partial charge >= 0.3 is 0 Å². The summed E-state index contributed by atoms with van der Waals surface area (Å²) in [6, 6.07) is 0. The van der Waals surface area contributed by atoms with E-state index < -0.39 is 0 Å². The topological polar surface area (TPSA) is 78.6 Å². The second-order valence-corrected chi connectivity index (χ2v) is 3.53. The smallest absolute Gasteiger partial charge is 0.234 e. The van der Waals surface area contributed by atoms with Gasteiger partial charge in [0.2, 0.25) is 5.88 Å². The van der Waals surface area contributed by atoms with E-state index in [-0.39, 0.29) is 6.10 Å². The first-order valence-corrected chi connectivity index (χ1v) is 4.97. The fourth-order valence-electron chi connectivity index (χ4n) is 1.15. The van der Waals surface area contributed by atoms with Gasteiger partial charge in [-0.05, 0) is 17.4 Å². The maximum Gasteiger partial charge on any atom is 0.234 e. The van der Waals surface area contributed by atoms with E-state index in [1.54, 1.807) is 4.68 Å². The lowest BCUT2D eigenvalue weighted by Crippen LogP contribution is -2.20. The molecular formula is C8H9ClN6O. The molecule has 0 saturated carbocycles. The minimum absolute atomic E-state index is 0.128. The van der Waals surface area contributed by atoms with Crippen LogP contribution in [-0.4, -0.2) is 36.3 Å². The van der Waals surface area contributed by atoms with Gasteiger partial charge in [0.05, 0.1) is 18.9 Å². The Morgan fingerprint density at radius 2 is 2.38 bits per heavy atom. The summed E-state index contributed by atoms with van der Waals surface area (Å²) in [4.78, 5) is 7.83. The van der Waals surface area contributed by atoms with Crippen LogP contribution in [0.2, 0.25) is 5.15 Å². The van der Waals surface area contributed by atoms with Crippen molar-refractivity contribution in [3.63, 3.8) is 0 Å². The van der Waals surface area contributed by atoms with Crippen LogP contribution in [0.25, 0.3) is 0 Å². The Bertz CT molecular complexity index is 448. The Hall–Kier alpha value is -1.76. The van der Waals surface area contributed by atoms with Crippen molar-refractivity contribution in [2.75, 3.05) is 0 Å². The molecule has 0 amide bonds. The number of hydrogen-bond acceptors (Lipinski definition) is 6. The Morgan fingerprint density at radius 1 is 1.50 bits per heavy atom. The van der Waals surface area contributed by atoms with E-state index in [0.29, 0.717) is 17.6 Å². The van der Waals surface area contributed by atoms with Gasteiger partial charge in [-0.3, -0.25) is 4.98 Å². The third-order valence-electron chi connectivity index (χ3n) is 1.74. The number of ether oxygens (including phenoxy) is 1. The molecule has 0 spiro atoms. The third kappa shape index (κ3) is 2.86. The van der Waals surface area contributed by atoms with Crippen LogP contribution in [0.1, 0.15) is 6.92 Å². The van der Waals surface area contributed by atoms with Crippen LogP contribution in [0.5, 0.6) is 5.88 Å². The van der Waals surface area contributed by atoms with E-state index in [9.17, 15) is 0 Å². The molecule has 2 aromatic rings. The molecule has 2 aromatic heterocycles. The molecule has 0 fully saturated rings. The molecule has 0 radical (unpaired) electrons. The molecule has 0 saturated heterocycles. The zero-order valence-corrected chi connectivity index (χ0v) is 9.24. The molecule has 0 aromatic carbocycles. The lowest BCUT2D eigenvalue weighted by atomic mass is 10.4. The van der Waals surface area contributed by atoms with Crippen LogP contribution in [0, 0.1) is 0 Å². The van der Waals surface area contributed by atoms with Crippen molar-refractivity contribution in [3.8, 4) is 5.88 Å². The fourth-order valence-corrected chi connectivity index (χ4v) is 1.29. The van der Waals surface area contributed by atoms with Crippen molar-refractivity contribution in [3.05, 3.63) is 23.9 Å². The zero-order valence-electron chi connectivity index (χ0n) is 8.49. The largest absolute Gasteiger partial charge is 0.472 e. The summed E-state index contributed by atoms with van der Waals surface area (Å²) in [5.74, 6) is 0.382. The minimum atomic E-state index is -0.128. The Labute approximate surface area is 96.4 Å². The number of hydrogen-bond donors (Lipinski definition) is 0. The first kappa shape index (κ1) is 10.7. The van der Waals surface area contributed by atoms with Crippen LogP contribution in [0.15, 0.2) is 18.7 Å². The van der Waals surface area contributed by atoms with E-state index in [0.717, 1.165) is 0 Å². The summed E-state index contributed by atoms with van der Waals surface area (Å²) in [6.45, 7) is 2.41. The van der Waals surface area contributed by atoms with E-state index >= 15 is 0 Å². The van der Waals surface area contributed by atoms with E-state index in [2.05, 4.69) is 25.5 Å². The molecule has 2 rings (SSSR count). The average Bonchev–Trinajstić information content (AvgIpc) is 2.70. The summed E-state index contributed by atoms with van der Waals surface area (Å²) in [5.41, 5.74) is 0. The maximum atomic E-state index is 5.68. The molecule has 0 aliphatic rings. The van der Waals surface area contributed by atoms with Crippen LogP contribution in [-0.2, 0) is 6.54 Å². The second kappa shape index (κ2) is 4.84. The predicted octanol–water partition coefficient (Wildman–Crippen LogP) is 0.584. The first-order chi connectivity index (χ1) is 7.74. The first-order valence-electron chi connectivity index (χ1n) is 4.59. The zero-order chi connectivity index (χ0) is 11.4. The van der Waals surface area contributed by atoms with E-state index in [4.69, 9.17) is 16.3 Å². The third-order valence-corrected chi connectivity index (χ3v) is 1.92. The highest BCUT2D eigenvalue weighted by Gasteiger charge is 2.07. The molecule has 16 heavy (non-hydrogen) atoms. The van der Waals surface area contributed by atoms with Gasteiger partial charge in [0.15, 0.2) is 5.15 Å². The van der Waals surface area contributed by atoms with Crippen LogP contribution < -0.4 is 4.74 Å². The summed E-state index contributed by atoms with van der Waals surface area (Å²) >= 11 is 5.68. The number of aromatic nitrogens is 6. The number of halogens is 1. The quantitative estimate of drug-likeness (QED) is 0.778. The van der Waals surface area contributed by atoms with Crippen molar-refractivity contribution in [2.45, 2.75) is 19.6 Å². The van der Waals surface area contributed by atoms with Gasteiger partial charge in [0, 0.05) is 0 Å². The summed E-state index contributed by atoms with van der Waals surface area (Å²) < 4.78 is 7.07. The molecule has 7 nitrogen and oxygen atoms in total. The second-order valence-electron chi connectivity index (χ2n) is 3.14. The van der Waals surface area contributed by atoms with Gasteiger partial charge in [-0.15, -0.1) is 5.10 Å². The highest BCUT2D eigenvalue weighted by Crippen LogP contribution is 2.11. The molecule has 1 atom stereocenters. The number of rotatable bonds is 4. The molecule has 84 valence electrons. The van der Waals surface area contributed by atoms with Crippen molar-refractivity contribution >= 4 is 11.6 Å².